The van der Waals surface area contributed by atoms with Crippen molar-refractivity contribution in [3.63, 3.8) is 0 Å². The van der Waals surface area contributed by atoms with Gasteiger partial charge in [-0.1, -0.05) is 6.92 Å². The third-order valence-corrected chi connectivity index (χ3v) is 2.18. The molecule has 12 heavy (non-hydrogen) atoms. The normalized spacial score (nSPS) is 9.83. The summed E-state index contributed by atoms with van der Waals surface area (Å²) in [5.41, 5.74) is 1.19. The van der Waals surface area contributed by atoms with Crippen LogP contribution in [-0.4, -0.2) is 4.92 Å². The van der Waals surface area contributed by atoms with Crippen molar-refractivity contribution in [2.75, 3.05) is 0 Å². The van der Waals surface area contributed by atoms with Crippen molar-refractivity contribution >= 4 is 28.3 Å². The van der Waals surface area contributed by atoms with E-state index in [9.17, 15) is 10.1 Å². The summed E-state index contributed by atoms with van der Waals surface area (Å²) in [5.74, 6) is 0. The lowest BCUT2D eigenvalue weighted by Gasteiger charge is -1.97. The minimum atomic E-state index is -0.360. The minimum Gasteiger partial charge on any atom is -0.258 e. The van der Waals surface area contributed by atoms with Crippen molar-refractivity contribution < 1.29 is 4.92 Å². The van der Waals surface area contributed by atoms with Gasteiger partial charge in [0.25, 0.3) is 5.69 Å². The molecule has 0 spiro atoms. The van der Waals surface area contributed by atoms with Crippen molar-refractivity contribution in [2.45, 2.75) is 13.3 Å². The van der Waals surface area contributed by atoms with E-state index in [1.54, 1.807) is 12.1 Å². The molecule has 4 heteroatoms. The van der Waals surface area contributed by atoms with Gasteiger partial charge in [-0.3, -0.25) is 10.1 Å². The topological polar surface area (TPSA) is 43.1 Å². The molecule has 3 nitrogen and oxygen atoms in total. The molecule has 0 radical (unpaired) electrons. The summed E-state index contributed by atoms with van der Waals surface area (Å²) in [6.45, 7) is 1.98. The Morgan fingerprint density at radius 2 is 2.17 bits per heavy atom. The van der Waals surface area contributed by atoms with E-state index >= 15 is 0 Å². The zero-order valence-corrected chi connectivity index (χ0v) is 8.74. The fourth-order valence-electron chi connectivity index (χ4n) is 0.943. The zero-order valence-electron chi connectivity index (χ0n) is 6.58. The first-order valence-corrected chi connectivity index (χ1v) is 4.65. The van der Waals surface area contributed by atoms with Gasteiger partial charge in [0.15, 0.2) is 0 Å². The smallest absolute Gasteiger partial charge is 0.258 e. The monoisotopic (exact) mass is 277 g/mol. The maximum absolute atomic E-state index is 10.4. The molecule has 0 saturated heterocycles. The molecule has 1 aromatic rings. The summed E-state index contributed by atoms with van der Waals surface area (Å²) in [6, 6.07) is 5.13. The third-order valence-electron chi connectivity index (χ3n) is 1.56. The van der Waals surface area contributed by atoms with Crippen LogP contribution >= 0.6 is 22.6 Å². The minimum absolute atomic E-state index is 0.179. The summed E-state index contributed by atoms with van der Waals surface area (Å²) >= 11 is 2.08. The van der Waals surface area contributed by atoms with Gasteiger partial charge in [0.1, 0.15) is 0 Å². The molecule has 1 rings (SSSR count). The lowest BCUT2D eigenvalue weighted by Crippen LogP contribution is -1.91. The molecule has 0 amide bonds. The van der Waals surface area contributed by atoms with Gasteiger partial charge in [-0.15, -0.1) is 0 Å². The van der Waals surface area contributed by atoms with E-state index in [2.05, 4.69) is 22.6 Å². The van der Waals surface area contributed by atoms with E-state index in [0.717, 1.165) is 15.6 Å². The molecule has 0 aliphatic carbocycles. The largest absolute Gasteiger partial charge is 0.270 e. The number of halogens is 1. The number of hydrogen-bond donors (Lipinski definition) is 0. The van der Waals surface area contributed by atoms with Crippen LogP contribution in [-0.2, 0) is 6.42 Å². The van der Waals surface area contributed by atoms with Gasteiger partial charge in [-0.25, -0.2) is 0 Å². The second-order valence-electron chi connectivity index (χ2n) is 2.43. The molecule has 0 aliphatic heterocycles. The maximum atomic E-state index is 10.4. The van der Waals surface area contributed by atoms with Crippen LogP contribution in [0.1, 0.15) is 12.5 Å². The van der Waals surface area contributed by atoms with E-state index in [0.29, 0.717) is 0 Å². The summed E-state index contributed by atoms with van der Waals surface area (Å²) in [4.78, 5) is 10.1. The van der Waals surface area contributed by atoms with Gasteiger partial charge in [0, 0.05) is 15.7 Å². The third kappa shape index (κ3) is 2.17. The lowest BCUT2D eigenvalue weighted by atomic mass is 10.1. The average Bonchev–Trinajstić information content (AvgIpc) is 2.03. The first-order valence-electron chi connectivity index (χ1n) is 3.57. The van der Waals surface area contributed by atoms with Crippen molar-refractivity contribution in [1.29, 1.82) is 0 Å². The molecule has 0 heterocycles. The average molecular weight is 277 g/mol. The Bertz CT molecular complexity index is 312. The van der Waals surface area contributed by atoms with Crippen LogP contribution in [0.25, 0.3) is 0 Å². The van der Waals surface area contributed by atoms with Gasteiger partial charge >= 0.3 is 0 Å². The molecular formula is C8H8INO2. The highest BCUT2D eigenvalue weighted by molar-refractivity contribution is 14.1. The lowest BCUT2D eigenvalue weighted by molar-refractivity contribution is -0.385. The molecule has 0 fully saturated rings. The number of nitrogens with zero attached hydrogens (tertiary/aromatic N) is 1. The van der Waals surface area contributed by atoms with Gasteiger partial charge in [0.2, 0.25) is 0 Å². The highest BCUT2D eigenvalue weighted by Gasteiger charge is 2.06. The fraction of sp³-hybridized carbons (Fsp3) is 0.250. The summed E-state index contributed by atoms with van der Waals surface area (Å²) in [6.07, 6.45) is 0.831. The Balaban J connectivity index is 3.15. The van der Waals surface area contributed by atoms with Gasteiger partial charge in [0.05, 0.1) is 4.92 Å². The van der Waals surface area contributed by atoms with Crippen LogP contribution in [0.3, 0.4) is 0 Å². The molecule has 0 atom stereocenters. The number of non-ortho nitro benzene ring substituents is 1. The Morgan fingerprint density at radius 3 is 2.67 bits per heavy atom. The zero-order chi connectivity index (χ0) is 9.14. The summed E-state index contributed by atoms with van der Waals surface area (Å²) in [7, 11) is 0. The van der Waals surface area contributed by atoms with Crippen LogP contribution in [0.15, 0.2) is 18.2 Å². The molecule has 0 N–H and O–H groups in total. The fourth-order valence-corrected chi connectivity index (χ4v) is 1.66. The molecule has 0 aliphatic rings. The molecule has 0 bridgehead atoms. The molecular weight excluding hydrogens is 269 g/mol. The Kier molecular flexibility index (Phi) is 3.02. The molecule has 0 aromatic heterocycles. The Labute approximate surface area is 84.1 Å². The number of aryl methyl sites for hydroxylation is 1. The first kappa shape index (κ1) is 9.44. The summed E-state index contributed by atoms with van der Waals surface area (Å²) < 4.78 is 0.915. The van der Waals surface area contributed by atoms with Crippen LogP contribution in [0.4, 0.5) is 5.69 Å². The quantitative estimate of drug-likeness (QED) is 0.474. The van der Waals surface area contributed by atoms with Crippen molar-refractivity contribution in [3.8, 4) is 0 Å². The van der Waals surface area contributed by atoms with E-state index in [1.165, 1.54) is 0 Å². The number of nitro benzene ring substituents is 1. The van der Waals surface area contributed by atoms with E-state index in [-0.39, 0.29) is 10.6 Å². The van der Waals surface area contributed by atoms with Crippen LogP contribution in [0.2, 0.25) is 0 Å². The van der Waals surface area contributed by atoms with Gasteiger partial charge < -0.3 is 0 Å². The number of nitro groups is 1. The Morgan fingerprint density at radius 1 is 1.50 bits per heavy atom. The Hall–Kier alpha value is -0.650. The standard InChI is InChI=1S/C8H8INO2/c1-2-6-3-7(9)5-8(4-6)10(11)12/h3-5H,2H2,1H3. The van der Waals surface area contributed by atoms with Gasteiger partial charge in [-0.05, 0) is 40.6 Å². The highest BCUT2D eigenvalue weighted by atomic mass is 127. The molecule has 64 valence electrons. The van der Waals surface area contributed by atoms with Crippen LogP contribution in [0, 0.1) is 13.7 Å². The van der Waals surface area contributed by atoms with Crippen molar-refractivity contribution in [1.82, 2.24) is 0 Å². The second kappa shape index (κ2) is 3.84. The van der Waals surface area contributed by atoms with Crippen LogP contribution in [0.5, 0.6) is 0 Å². The number of hydrogen-bond acceptors (Lipinski definition) is 2. The molecule has 0 unspecified atom stereocenters. The molecule has 0 saturated carbocycles. The van der Waals surface area contributed by atoms with Crippen LogP contribution < -0.4 is 0 Å². The summed E-state index contributed by atoms with van der Waals surface area (Å²) in [5, 5.41) is 10.4. The van der Waals surface area contributed by atoms with Crippen molar-refractivity contribution in [2.24, 2.45) is 0 Å². The maximum Gasteiger partial charge on any atom is 0.270 e. The highest BCUT2D eigenvalue weighted by Crippen LogP contribution is 2.18. The predicted octanol–water partition coefficient (Wildman–Crippen LogP) is 2.76. The number of rotatable bonds is 2. The van der Waals surface area contributed by atoms with Crippen molar-refractivity contribution in [3.05, 3.63) is 37.4 Å². The van der Waals surface area contributed by atoms with E-state index in [4.69, 9.17) is 0 Å². The first-order chi connectivity index (χ1) is 5.63. The predicted molar refractivity (Wildman–Crippen MR) is 55.2 cm³/mol. The second-order valence-corrected chi connectivity index (χ2v) is 3.67. The molecule has 1 aromatic carbocycles. The number of benzene rings is 1. The SMILES string of the molecule is CCc1cc(I)cc([N+](=O)[O-])c1. The van der Waals surface area contributed by atoms with Gasteiger partial charge in [-0.2, -0.15) is 0 Å². The van der Waals surface area contributed by atoms with E-state index < -0.39 is 0 Å². The van der Waals surface area contributed by atoms with E-state index in [1.807, 2.05) is 13.0 Å².